The van der Waals surface area contributed by atoms with Gasteiger partial charge in [0.1, 0.15) is 30.8 Å². The Bertz CT molecular complexity index is 1020. The van der Waals surface area contributed by atoms with Gasteiger partial charge in [-0.15, -0.1) is 23.1 Å². The summed E-state index contributed by atoms with van der Waals surface area (Å²) >= 11 is 2.57. The molecule has 2 saturated heterocycles. The number of aromatic nitrogens is 1. The largest absolute Gasteiger partial charge is 0.543 e. The van der Waals surface area contributed by atoms with Crippen LogP contribution >= 0.6 is 23.1 Å². The number of aliphatic carboxylic acids is 1. The number of carbonyl (C=O) groups is 3. The predicted octanol–water partition coefficient (Wildman–Crippen LogP) is -1.28. The number of nitrogens with two attached hydrogens (primary N) is 1. The normalized spacial score (nSPS) is 24.8. The van der Waals surface area contributed by atoms with E-state index in [0.29, 0.717) is 17.9 Å². The molecule has 11 nitrogen and oxygen atoms in total. The van der Waals surface area contributed by atoms with Crippen molar-refractivity contribution < 1.29 is 28.8 Å². The number of thioether (sulfide) groups is 1. The van der Waals surface area contributed by atoms with Crippen LogP contribution in [0.25, 0.3) is 0 Å². The van der Waals surface area contributed by atoms with Crippen LogP contribution in [0.5, 0.6) is 0 Å². The molecule has 0 spiro atoms. The molecule has 0 bridgehead atoms. The van der Waals surface area contributed by atoms with E-state index >= 15 is 0 Å². The number of hydrogen-bond donors (Lipinski definition) is 2. The van der Waals surface area contributed by atoms with Gasteiger partial charge in [0.15, 0.2) is 10.8 Å². The molecule has 3 aliphatic rings. The quantitative estimate of drug-likeness (QED) is 0.212. The van der Waals surface area contributed by atoms with Gasteiger partial charge in [-0.1, -0.05) is 5.16 Å². The maximum Gasteiger partial charge on any atom is 0.276 e. The summed E-state index contributed by atoms with van der Waals surface area (Å²) in [5, 5.41) is 19.6. The van der Waals surface area contributed by atoms with Gasteiger partial charge in [0, 0.05) is 29.5 Å². The Morgan fingerprint density at radius 2 is 2.16 bits per heavy atom. The lowest BCUT2D eigenvalue weighted by molar-refractivity contribution is -0.893. The third-order valence-electron chi connectivity index (χ3n) is 5.91. The Kier molecular flexibility index (Phi) is 6.14. The Morgan fingerprint density at radius 3 is 2.75 bits per heavy atom. The standard InChI is InChI=1S/C19H24N6O5S2/c1-25(5-3-4-6-25)7-10-8-31-17-13(16(27)24(17)14(10)18(28)29)22-15(26)12(23-30-2)11-9-32-19(20)21-11/h9,13,17H,3-8H2,1-2H3,(H3-,20,21,22,26,28,29)/b23-12+/t13?,17-/m1/s1. The second-order valence-electron chi connectivity index (χ2n) is 8.23. The van der Waals surface area contributed by atoms with Gasteiger partial charge >= 0.3 is 0 Å². The van der Waals surface area contributed by atoms with E-state index in [9.17, 15) is 19.5 Å². The van der Waals surface area contributed by atoms with E-state index in [-0.39, 0.29) is 22.2 Å². The summed E-state index contributed by atoms with van der Waals surface area (Å²) in [5.74, 6) is -2.06. The van der Waals surface area contributed by atoms with E-state index in [4.69, 9.17) is 10.6 Å². The molecule has 0 aliphatic carbocycles. The number of nitrogen functional groups attached to an aromatic ring is 1. The highest BCUT2D eigenvalue weighted by Crippen LogP contribution is 2.41. The van der Waals surface area contributed by atoms with Gasteiger partial charge in [0.2, 0.25) is 0 Å². The van der Waals surface area contributed by atoms with Gasteiger partial charge in [0.25, 0.3) is 11.8 Å². The molecule has 32 heavy (non-hydrogen) atoms. The number of fused-ring (bicyclic) bond motifs is 1. The van der Waals surface area contributed by atoms with E-state index < -0.39 is 29.2 Å². The lowest BCUT2D eigenvalue weighted by Crippen LogP contribution is -2.71. The summed E-state index contributed by atoms with van der Waals surface area (Å²) in [5.41, 5.74) is 6.39. The van der Waals surface area contributed by atoms with Crippen LogP contribution in [-0.4, -0.2) is 88.8 Å². The van der Waals surface area contributed by atoms with Gasteiger partial charge in [-0.05, 0) is 0 Å². The Balaban J connectivity index is 1.52. The molecule has 3 aliphatic heterocycles. The molecule has 2 amide bonds. The number of oxime groups is 1. The molecule has 1 aromatic heterocycles. The van der Waals surface area contributed by atoms with E-state index in [1.54, 1.807) is 5.38 Å². The molecule has 3 N–H and O–H groups in total. The summed E-state index contributed by atoms with van der Waals surface area (Å²) in [6, 6.07) is -0.891. The molecular formula is C19H24N6O5S2. The Hall–Kier alpha value is -2.64. The molecule has 0 aromatic carbocycles. The predicted molar refractivity (Wildman–Crippen MR) is 117 cm³/mol. The van der Waals surface area contributed by atoms with Crippen molar-refractivity contribution in [3.05, 3.63) is 22.3 Å². The molecule has 1 unspecified atom stereocenters. The fraction of sp³-hybridized carbons (Fsp3) is 0.526. The number of β-lactam (4-membered cyclic amide) rings is 1. The van der Waals surface area contributed by atoms with E-state index in [1.165, 1.54) is 23.8 Å². The third-order valence-corrected chi connectivity index (χ3v) is 7.92. The Morgan fingerprint density at radius 1 is 1.44 bits per heavy atom. The number of rotatable bonds is 7. The van der Waals surface area contributed by atoms with Crippen LogP contribution in [0.2, 0.25) is 0 Å². The van der Waals surface area contributed by atoms with Gasteiger partial charge in [0.05, 0.1) is 31.8 Å². The third kappa shape index (κ3) is 4.07. The number of likely N-dealkylation sites (tertiary alicyclic amines) is 1. The molecular weight excluding hydrogens is 456 g/mol. The number of quaternary nitrogens is 1. The van der Waals surface area contributed by atoms with Crippen molar-refractivity contribution in [3.8, 4) is 0 Å². The molecule has 0 radical (unpaired) electrons. The molecule has 13 heteroatoms. The minimum atomic E-state index is -1.37. The number of carboxylic acid groups (broad SMARTS) is 1. The number of carbonyl (C=O) groups excluding carboxylic acids is 3. The summed E-state index contributed by atoms with van der Waals surface area (Å²) in [6.07, 6.45) is 2.21. The zero-order valence-corrected chi connectivity index (χ0v) is 19.3. The van der Waals surface area contributed by atoms with Crippen molar-refractivity contribution in [1.82, 2.24) is 15.2 Å². The number of carboxylic acids is 1. The lowest BCUT2D eigenvalue weighted by Gasteiger charge is -2.51. The lowest BCUT2D eigenvalue weighted by atomic mass is 10.0. The number of nitrogens with zero attached hydrogens (tertiary/aromatic N) is 4. The summed E-state index contributed by atoms with van der Waals surface area (Å²) < 4.78 is 0.757. The fourth-order valence-corrected chi connectivity index (χ4v) is 6.30. The molecule has 0 saturated carbocycles. The molecule has 1 aromatic rings. The van der Waals surface area contributed by atoms with Gasteiger partial charge in [-0.3, -0.25) is 14.5 Å². The number of likely N-dealkylation sites (N-methyl/N-ethyl adjacent to an activating group) is 1. The summed E-state index contributed by atoms with van der Waals surface area (Å²) in [4.78, 5) is 47.7. The van der Waals surface area contributed by atoms with Gasteiger partial charge < -0.3 is 30.3 Å². The smallest absolute Gasteiger partial charge is 0.276 e. The minimum absolute atomic E-state index is 0.0615. The molecule has 4 rings (SSSR count). The summed E-state index contributed by atoms with van der Waals surface area (Å²) in [6.45, 7) is 2.53. The van der Waals surface area contributed by atoms with Crippen LogP contribution in [0, 0.1) is 0 Å². The average Bonchev–Trinajstić information content (AvgIpc) is 3.37. The second kappa shape index (κ2) is 8.71. The van der Waals surface area contributed by atoms with E-state index in [0.717, 1.165) is 41.8 Å². The highest BCUT2D eigenvalue weighted by Gasteiger charge is 2.53. The van der Waals surface area contributed by atoms with Crippen molar-refractivity contribution in [1.29, 1.82) is 0 Å². The zero-order chi connectivity index (χ0) is 23.0. The molecule has 2 atom stereocenters. The van der Waals surface area contributed by atoms with Crippen LogP contribution in [0.3, 0.4) is 0 Å². The number of amides is 2. The van der Waals surface area contributed by atoms with Crippen molar-refractivity contribution in [2.24, 2.45) is 5.16 Å². The van der Waals surface area contributed by atoms with Crippen molar-refractivity contribution in [2.45, 2.75) is 24.3 Å². The van der Waals surface area contributed by atoms with Crippen LogP contribution in [0.15, 0.2) is 21.8 Å². The SMILES string of the molecule is CO/N=C(/C(=O)NC1C(=O)N2C(C(=O)[O-])=C(C[N+]3(C)CCCC3)CS[C@H]12)c1csc(N)n1. The first-order chi connectivity index (χ1) is 15.2. The maximum absolute atomic E-state index is 12.9. The monoisotopic (exact) mass is 480 g/mol. The van der Waals surface area contributed by atoms with Gasteiger partial charge in [-0.25, -0.2) is 4.98 Å². The number of nitrogens with one attached hydrogen (secondary N) is 1. The number of hydrogen-bond acceptors (Lipinski definition) is 10. The average molecular weight is 481 g/mol. The Labute approximate surface area is 192 Å². The second-order valence-corrected chi connectivity index (χ2v) is 10.2. The minimum Gasteiger partial charge on any atom is -0.543 e. The topological polar surface area (TPSA) is 150 Å². The summed E-state index contributed by atoms with van der Waals surface area (Å²) in [7, 11) is 3.39. The number of thiazole rings is 1. The van der Waals surface area contributed by atoms with Crippen molar-refractivity contribution in [2.75, 3.05) is 45.3 Å². The van der Waals surface area contributed by atoms with E-state index in [1.807, 2.05) is 0 Å². The zero-order valence-electron chi connectivity index (χ0n) is 17.7. The molecule has 4 heterocycles. The first-order valence-electron chi connectivity index (χ1n) is 10.1. The maximum atomic E-state index is 12.9. The number of anilines is 1. The highest BCUT2D eigenvalue weighted by atomic mass is 32.2. The first-order valence-corrected chi connectivity index (χ1v) is 12.0. The molecule has 2 fully saturated rings. The first kappa shape index (κ1) is 22.6. The van der Waals surface area contributed by atoms with Gasteiger partial charge in [-0.2, -0.15) is 0 Å². The van der Waals surface area contributed by atoms with Crippen LogP contribution in [0.4, 0.5) is 5.13 Å². The highest BCUT2D eigenvalue weighted by molar-refractivity contribution is 8.00. The molecule has 172 valence electrons. The van der Waals surface area contributed by atoms with E-state index in [2.05, 4.69) is 22.5 Å². The van der Waals surface area contributed by atoms with Crippen LogP contribution in [0.1, 0.15) is 18.5 Å². The van der Waals surface area contributed by atoms with Crippen LogP contribution < -0.4 is 16.2 Å². The fourth-order valence-electron chi connectivity index (χ4n) is 4.41. The van der Waals surface area contributed by atoms with Crippen LogP contribution in [-0.2, 0) is 19.2 Å². The van der Waals surface area contributed by atoms with Crippen molar-refractivity contribution in [3.63, 3.8) is 0 Å². The van der Waals surface area contributed by atoms with Crippen molar-refractivity contribution >= 4 is 51.7 Å².